The van der Waals surface area contributed by atoms with E-state index in [-0.39, 0.29) is 38.3 Å². The third kappa shape index (κ3) is 13.4. The second-order valence-electron chi connectivity index (χ2n) is 13.0. The zero-order chi connectivity index (χ0) is 39.0. The summed E-state index contributed by atoms with van der Waals surface area (Å²) in [6.07, 6.45) is -2.56. The predicted molar refractivity (Wildman–Crippen MR) is 189 cm³/mol. The van der Waals surface area contributed by atoms with Crippen LogP contribution in [-0.4, -0.2) is 132 Å². The highest BCUT2D eigenvalue weighted by molar-refractivity contribution is 5.97. The molecule has 290 valence electrons. The average Bonchev–Trinajstić information content (AvgIpc) is 3.09. The van der Waals surface area contributed by atoms with E-state index < -0.39 is 104 Å². The fourth-order valence-corrected chi connectivity index (χ4v) is 5.50. The Morgan fingerprint density at radius 1 is 0.769 bits per heavy atom. The first-order chi connectivity index (χ1) is 24.6. The normalized spacial score (nSPS) is 25.4. The predicted octanol–water partition coefficient (Wildman–Crippen LogP) is -3.79. The van der Waals surface area contributed by atoms with Gasteiger partial charge >= 0.3 is 6.09 Å². The van der Waals surface area contributed by atoms with Crippen LogP contribution in [0.2, 0.25) is 0 Å². The number of nitrogens with zero attached hydrogens (tertiary/aromatic N) is 1. The van der Waals surface area contributed by atoms with E-state index in [9.17, 15) is 43.8 Å². The Kier molecular flexibility index (Phi) is 17.9. The molecule has 14 N–H and O–H groups in total. The van der Waals surface area contributed by atoms with E-state index in [2.05, 4.69) is 31.9 Å². The fourth-order valence-electron chi connectivity index (χ4n) is 5.50. The van der Waals surface area contributed by atoms with Crippen molar-refractivity contribution in [3.05, 3.63) is 35.9 Å². The number of aliphatic hydroxyl groups is 1. The average molecular weight is 735 g/mol. The molecule has 1 aromatic carbocycles. The van der Waals surface area contributed by atoms with Gasteiger partial charge in [0.1, 0.15) is 36.3 Å². The van der Waals surface area contributed by atoms with Gasteiger partial charge in [-0.05, 0) is 44.2 Å². The van der Waals surface area contributed by atoms with Gasteiger partial charge in [0.2, 0.25) is 35.4 Å². The summed E-state index contributed by atoms with van der Waals surface area (Å²) in [6.45, 7) is 3.29. The van der Waals surface area contributed by atoms with Crippen molar-refractivity contribution in [2.75, 3.05) is 32.7 Å². The van der Waals surface area contributed by atoms with Crippen LogP contribution in [0.15, 0.2) is 30.3 Å². The van der Waals surface area contributed by atoms with Gasteiger partial charge in [-0.2, -0.15) is 0 Å². The van der Waals surface area contributed by atoms with Crippen molar-refractivity contribution >= 4 is 41.5 Å². The lowest BCUT2D eigenvalue weighted by Crippen LogP contribution is -2.61. The van der Waals surface area contributed by atoms with E-state index in [4.69, 9.17) is 17.2 Å². The Bertz CT molecular complexity index is 1380. The quantitative estimate of drug-likeness (QED) is 0.110. The number of carbonyl (C=O) groups is 7. The molecule has 0 bridgehead atoms. The molecule has 7 atom stereocenters. The highest BCUT2D eigenvalue weighted by Gasteiger charge is 2.36. The highest BCUT2D eigenvalue weighted by atomic mass is 16.4. The summed E-state index contributed by atoms with van der Waals surface area (Å²) < 4.78 is 0. The van der Waals surface area contributed by atoms with Crippen LogP contribution in [0.5, 0.6) is 0 Å². The lowest BCUT2D eigenvalue weighted by atomic mass is 10.00. The van der Waals surface area contributed by atoms with Crippen molar-refractivity contribution in [1.82, 2.24) is 36.8 Å². The molecule has 1 heterocycles. The van der Waals surface area contributed by atoms with Gasteiger partial charge in [-0.15, -0.1) is 0 Å². The van der Waals surface area contributed by atoms with E-state index in [1.165, 1.54) is 6.92 Å². The van der Waals surface area contributed by atoms with Crippen molar-refractivity contribution in [2.24, 2.45) is 23.1 Å². The Labute approximate surface area is 302 Å². The minimum atomic E-state index is -1.56. The molecule has 0 radical (unpaired) electrons. The Morgan fingerprint density at radius 3 is 1.88 bits per heavy atom. The molecule has 0 aliphatic carbocycles. The molecule has 2 rings (SSSR count). The van der Waals surface area contributed by atoms with Crippen LogP contribution in [0.3, 0.4) is 0 Å². The lowest BCUT2D eigenvalue weighted by Gasteiger charge is -2.30. The maximum Gasteiger partial charge on any atom is 0.408 e. The molecule has 52 heavy (non-hydrogen) atoms. The number of carboxylic acid groups (broad SMARTS) is 1. The largest absolute Gasteiger partial charge is 0.465 e. The molecule has 0 unspecified atom stereocenters. The summed E-state index contributed by atoms with van der Waals surface area (Å²) in [4.78, 5) is 94.0. The van der Waals surface area contributed by atoms with E-state index >= 15 is 0 Å². The van der Waals surface area contributed by atoms with Crippen molar-refractivity contribution in [3.8, 4) is 0 Å². The number of hydrogen-bond donors (Lipinski definition) is 11. The summed E-state index contributed by atoms with van der Waals surface area (Å²) in [5, 5.41) is 35.5. The van der Waals surface area contributed by atoms with Crippen LogP contribution in [0.4, 0.5) is 4.79 Å². The number of nitrogens with one attached hydrogen (secondary N) is 6. The Morgan fingerprint density at radius 2 is 1.33 bits per heavy atom. The highest BCUT2D eigenvalue weighted by Crippen LogP contribution is 2.11. The summed E-state index contributed by atoms with van der Waals surface area (Å²) in [7, 11) is 0. The van der Waals surface area contributed by atoms with Gasteiger partial charge in [-0.25, -0.2) is 4.79 Å². The van der Waals surface area contributed by atoms with Crippen LogP contribution in [0.25, 0.3) is 0 Å². The fraction of sp³-hybridized carbons (Fsp3) is 0.606. The number of carbonyl (C=O) groups excluding carboxylic acids is 6. The lowest BCUT2D eigenvalue weighted by molar-refractivity contribution is -0.136. The molecular formula is C33H54N10O9. The number of aliphatic hydroxyl groups excluding tert-OH is 1. The molecule has 19 nitrogen and oxygen atoms in total. The van der Waals surface area contributed by atoms with Gasteiger partial charge in [0.25, 0.3) is 0 Å². The first-order valence-electron chi connectivity index (χ1n) is 17.2. The summed E-state index contributed by atoms with van der Waals surface area (Å²) in [5.41, 5.74) is 18.0. The van der Waals surface area contributed by atoms with E-state index in [1.807, 2.05) is 13.8 Å². The molecule has 0 aromatic heterocycles. The number of rotatable bonds is 10. The first kappa shape index (κ1) is 43.3. The van der Waals surface area contributed by atoms with Gasteiger partial charge in [0.05, 0.1) is 6.10 Å². The first-order valence-corrected chi connectivity index (χ1v) is 17.2. The smallest absolute Gasteiger partial charge is 0.408 e. The Hall–Kier alpha value is -4.85. The number of amides is 7. The van der Waals surface area contributed by atoms with E-state index in [0.29, 0.717) is 16.9 Å². The number of hydrogen-bond acceptors (Lipinski definition) is 11. The van der Waals surface area contributed by atoms with Crippen molar-refractivity contribution in [2.45, 2.75) is 88.8 Å². The van der Waals surface area contributed by atoms with Crippen molar-refractivity contribution < 1.29 is 43.8 Å². The molecule has 0 saturated carbocycles. The zero-order valence-corrected chi connectivity index (χ0v) is 29.8. The second kappa shape index (κ2) is 21.5. The van der Waals surface area contributed by atoms with Crippen LogP contribution in [0.1, 0.15) is 45.6 Å². The summed E-state index contributed by atoms with van der Waals surface area (Å²) in [5.74, 6) is -5.15. The minimum absolute atomic E-state index is 0.0430. The van der Waals surface area contributed by atoms with Crippen molar-refractivity contribution in [1.29, 1.82) is 0 Å². The molecule has 7 amide bonds. The number of nitrogens with two attached hydrogens (primary N) is 3. The minimum Gasteiger partial charge on any atom is -0.465 e. The molecule has 19 heteroatoms. The zero-order valence-electron chi connectivity index (χ0n) is 29.8. The monoisotopic (exact) mass is 734 g/mol. The second-order valence-corrected chi connectivity index (χ2v) is 13.0. The molecular weight excluding hydrogens is 680 g/mol. The maximum atomic E-state index is 13.9. The van der Waals surface area contributed by atoms with E-state index in [0.717, 1.165) is 0 Å². The van der Waals surface area contributed by atoms with Gasteiger partial charge < -0.3 is 59.3 Å². The van der Waals surface area contributed by atoms with E-state index in [1.54, 1.807) is 30.3 Å². The summed E-state index contributed by atoms with van der Waals surface area (Å²) >= 11 is 0. The SMILES string of the molecule is CC(C)C[C@@H]1NC(=O)[C@@H](Cc2ccccc2)NC(=O)[C@H](CN)N(C(=O)O)CCNC(=O)[C@H]([C@@H](C)O)NC(=O)[C@H](CN)NC(=O)[C@H](CCCN)NC1=O. The van der Waals surface area contributed by atoms with Gasteiger partial charge in [0, 0.05) is 32.6 Å². The van der Waals surface area contributed by atoms with Gasteiger partial charge in [-0.3, -0.25) is 33.7 Å². The molecule has 1 aromatic rings. The van der Waals surface area contributed by atoms with Crippen LogP contribution in [-0.2, 0) is 35.2 Å². The molecule has 0 spiro atoms. The van der Waals surface area contributed by atoms with Crippen LogP contribution < -0.4 is 49.1 Å². The third-order valence-electron chi connectivity index (χ3n) is 8.32. The van der Waals surface area contributed by atoms with Crippen LogP contribution in [0, 0.1) is 5.92 Å². The van der Waals surface area contributed by atoms with Crippen molar-refractivity contribution in [3.63, 3.8) is 0 Å². The molecule has 1 saturated heterocycles. The topological polar surface area (TPSA) is 313 Å². The van der Waals surface area contributed by atoms with Crippen LogP contribution >= 0.6 is 0 Å². The number of benzene rings is 1. The van der Waals surface area contributed by atoms with Gasteiger partial charge in [0.15, 0.2) is 0 Å². The maximum absolute atomic E-state index is 13.9. The molecule has 1 aliphatic rings. The Balaban J connectivity index is 2.62. The molecule has 1 aliphatic heterocycles. The standard InChI is InChI=1S/C33H54N10O9/c1-18(2)14-22-28(46)38-21(10-7-11-34)27(45)41-24(16-35)30(48)42-26(19(3)44)32(50)37-12-13-43(33(51)52)25(17-36)31(49)40-23(29(47)39-22)15-20-8-5-4-6-9-20/h4-6,8-9,18-19,21-26,44H,7,10-17,34-36H2,1-3H3,(H,37,50)(H,38,46)(H,39,47)(H,40,49)(H,41,45)(H,42,48)(H,51,52)/t19-,21+,22+,23-,24+,25+,26+/m1/s1. The third-order valence-corrected chi connectivity index (χ3v) is 8.32. The molecule has 1 fully saturated rings. The summed E-state index contributed by atoms with van der Waals surface area (Å²) in [6, 6.07) is 0.481. The van der Waals surface area contributed by atoms with Gasteiger partial charge in [-0.1, -0.05) is 44.2 Å².